The molecule has 1 N–H and O–H groups in total. The van der Waals surface area contributed by atoms with Gasteiger partial charge in [-0.25, -0.2) is 4.79 Å². The zero-order valence-electron chi connectivity index (χ0n) is 12.2. The van der Waals surface area contributed by atoms with E-state index in [1.54, 1.807) is 47.4 Å². The zero-order valence-corrected chi connectivity index (χ0v) is 12.2. The molecular formula is C15H15N5O3. The maximum atomic E-state index is 12.4. The molecule has 0 radical (unpaired) electrons. The lowest BCUT2D eigenvalue weighted by Gasteiger charge is -2.27. The van der Waals surface area contributed by atoms with E-state index in [0.29, 0.717) is 17.8 Å². The smallest absolute Gasteiger partial charge is 0.344 e. The van der Waals surface area contributed by atoms with Crippen molar-refractivity contribution in [2.75, 3.05) is 19.6 Å². The molecule has 0 bridgehead atoms. The van der Waals surface area contributed by atoms with Crippen molar-refractivity contribution >= 4 is 11.9 Å². The molecule has 0 atom stereocenters. The summed E-state index contributed by atoms with van der Waals surface area (Å²) in [5.74, 6) is -1.43. The Kier molecular flexibility index (Phi) is 5.38. The van der Waals surface area contributed by atoms with Crippen LogP contribution in [0.15, 0.2) is 59.5 Å². The summed E-state index contributed by atoms with van der Waals surface area (Å²) in [5.41, 5.74) is 9.67. The fraction of sp³-hybridized carbons (Fsp3) is 0.200. The van der Waals surface area contributed by atoms with Crippen LogP contribution >= 0.6 is 0 Å². The Labute approximate surface area is 132 Å². The van der Waals surface area contributed by atoms with E-state index in [1.807, 2.05) is 6.08 Å². The van der Waals surface area contributed by atoms with Gasteiger partial charge in [-0.05, 0) is 23.4 Å². The minimum Gasteiger partial charge on any atom is -0.480 e. The molecule has 0 saturated heterocycles. The third-order valence-corrected chi connectivity index (χ3v) is 3.20. The van der Waals surface area contributed by atoms with Gasteiger partial charge < -0.3 is 10.0 Å². The third-order valence-electron chi connectivity index (χ3n) is 3.20. The van der Waals surface area contributed by atoms with E-state index in [9.17, 15) is 9.59 Å². The van der Waals surface area contributed by atoms with Crippen molar-refractivity contribution in [2.45, 2.75) is 0 Å². The monoisotopic (exact) mass is 313 g/mol. The lowest BCUT2D eigenvalue weighted by Crippen LogP contribution is -2.37. The number of hydrogen-bond donors (Lipinski definition) is 1. The Morgan fingerprint density at radius 3 is 2.74 bits per heavy atom. The molecule has 1 heterocycles. The van der Waals surface area contributed by atoms with Gasteiger partial charge in [-0.2, -0.15) is 9.92 Å². The number of nitrogens with zero attached hydrogens (tertiary/aromatic N) is 5. The largest absolute Gasteiger partial charge is 0.480 e. The highest BCUT2D eigenvalue weighted by Gasteiger charge is 2.24. The highest BCUT2D eigenvalue weighted by Crippen LogP contribution is 2.14. The maximum Gasteiger partial charge on any atom is 0.344 e. The molecule has 1 aromatic rings. The van der Waals surface area contributed by atoms with Crippen LogP contribution in [0.2, 0.25) is 0 Å². The first kappa shape index (κ1) is 16.1. The van der Waals surface area contributed by atoms with E-state index < -0.39 is 11.9 Å². The highest BCUT2D eigenvalue weighted by atomic mass is 16.4. The number of azide groups is 1. The molecule has 1 amide bonds. The predicted molar refractivity (Wildman–Crippen MR) is 83.1 cm³/mol. The van der Waals surface area contributed by atoms with Crippen molar-refractivity contribution in [3.63, 3.8) is 0 Å². The fourth-order valence-electron chi connectivity index (χ4n) is 2.15. The van der Waals surface area contributed by atoms with Crippen LogP contribution in [0.25, 0.3) is 10.4 Å². The molecule has 23 heavy (non-hydrogen) atoms. The number of allylic oxidation sites excluding steroid dienone is 2. The Bertz CT molecular complexity index is 692. The van der Waals surface area contributed by atoms with Gasteiger partial charge in [-0.1, -0.05) is 30.4 Å². The van der Waals surface area contributed by atoms with Gasteiger partial charge in [0.2, 0.25) is 0 Å². The highest BCUT2D eigenvalue weighted by molar-refractivity contribution is 5.94. The molecule has 0 aliphatic carbocycles. The number of hydrogen-bond acceptors (Lipinski definition) is 4. The first-order valence-corrected chi connectivity index (χ1v) is 6.86. The maximum absolute atomic E-state index is 12.4. The quantitative estimate of drug-likeness (QED) is 0.375. The van der Waals surface area contributed by atoms with Crippen molar-refractivity contribution in [1.82, 2.24) is 9.91 Å². The van der Waals surface area contributed by atoms with Gasteiger partial charge in [0.1, 0.15) is 13.1 Å². The third kappa shape index (κ3) is 4.36. The van der Waals surface area contributed by atoms with Crippen molar-refractivity contribution < 1.29 is 14.7 Å². The Morgan fingerprint density at radius 2 is 2.09 bits per heavy atom. The van der Waals surface area contributed by atoms with E-state index in [1.165, 1.54) is 0 Å². The molecule has 1 aromatic carbocycles. The van der Waals surface area contributed by atoms with E-state index in [2.05, 4.69) is 10.1 Å². The van der Waals surface area contributed by atoms with Crippen LogP contribution in [0.5, 0.6) is 0 Å². The summed E-state index contributed by atoms with van der Waals surface area (Å²) in [4.78, 5) is 27.6. The molecule has 1 aliphatic heterocycles. The molecular weight excluding hydrogens is 298 g/mol. The van der Waals surface area contributed by atoms with Crippen molar-refractivity contribution in [2.24, 2.45) is 5.22 Å². The summed E-state index contributed by atoms with van der Waals surface area (Å²) >= 11 is 0. The van der Waals surface area contributed by atoms with E-state index in [4.69, 9.17) is 10.6 Å². The van der Waals surface area contributed by atoms with Crippen molar-refractivity contribution in [3.05, 3.63) is 70.3 Å². The number of benzene rings is 1. The van der Waals surface area contributed by atoms with Gasteiger partial charge >= 0.3 is 11.9 Å². The number of amides is 1. The number of carbonyl (C=O) groups is 2. The average Bonchev–Trinajstić information content (AvgIpc) is 2.56. The summed E-state index contributed by atoms with van der Waals surface area (Å²) in [6.45, 7) is 0.219. The standard InChI is InChI=1S/C15H15N5O3/c16-17-18-20(15(23)12-6-2-1-3-7-12)10-13-8-4-5-9-19(13)11-14(21)22/h1-8H,9-11H2,(H,21,22). The summed E-state index contributed by atoms with van der Waals surface area (Å²) in [6.07, 6.45) is 5.28. The van der Waals surface area contributed by atoms with E-state index in [-0.39, 0.29) is 13.1 Å². The second-order valence-electron chi connectivity index (χ2n) is 4.77. The van der Waals surface area contributed by atoms with E-state index in [0.717, 1.165) is 5.01 Å². The second kappa shape index (κ2) is 7.67. The molecule has 8 nitrogen and oxygen atoms in total. The molecule has 0 unspecified atom stereocenters. The lowest BCUT2D eigenvalue weighted by atomic mass is 10.2. The van der Waals surface area contributed by atoms with Crippen LogP contribution < -0.4 is 0 Å². The Hall–Kier alpha value is -3.25. The Balaban J connectivity index is 2.20. The minimum atomic E-state index is -0.976. The van der Waals surface area contributed by atoms with Crippen LogP contribution in [0.4, 0.5) is 0 Å². The number of aliphatic carboxylic acids is 1. The van der Waals surface area contributed by atoms with Crippen LogP contribution in [0.1, 0.15) is 10.4 Å². The molecule has 0 aromatic heterocycles. The topological polar surface area (TPSA) is 110 Å². The van der Waals surface area contributed by atoms with Crippen LogP contribution in [-0.2, 0) is 4.79 Å². The lowest BCUT2D eigenvalue weighted by molar-refractivity contribution is -0.137. The normalized spacial score (nSPS) is 13.0. The van der Waals surface area contributed by atoms with Crippen LogP contribution in [-0.4, -0.2) is 46.5 Å². The first-order chi connectivity index (χ1) is 11.1. The van der Waals surface area contributed by atoms with Gasteiger partial charge in [0, 0.05) is 6.54 Å². The van der Waals surface area contributed by atoms with Crippen molar-refractivity contribution in [1.29, 1.82) is 0 Å². The molecule has 0 saturated carbocycles. The summed E-state index contributed by atoms with van der Waals surface area (Å²) in [5, 5.41) is 13.4. The first-order valence-electron chi connectivity index (χ1n) is 6.86. The van der Waals surface area contributed by atoms with Gasteiger partial charge in [0.25, 0.3) is 0 Å². The average molecular weight is 313 g/mol. The van der Waals surface area contributed by atoms with Crippen LogP contribution in [0, 0.1) is 0 Å². The zero-order chi connectivity index (χ0) is 16.7. The van der Waals surface area contributed by atoms with Gasteiger partial charge in [0.05, 0.1) is 11.3 Å². The predicted octanol–water partition coefficient (Wildman–Crippen LogP) is 2.19. The van der Waals surface area contributed by atoms with E-state index >= 15 is 0 Å². The summed E-state index contributed by atoms with van der Waals surface area (Å²) < 4.78 is 0. The summed E-state index contributed by atoms with van der Waals surface area (Å²) in [6, 6.07) is 8.43. The SMILES string of the molecule is [N-]=[N+]=NN(CC1=CC=CCN1CC(=O)O)C(=O)c1ccccc1. The second-order valence-corrected chi connectivity index (χ2v) is 4.77. The van der Waals surface area contributed by atoms with Gasteiger partial charge in [-0.3, -0.25) is 4.79 Å². The molecule has 0 spiro atoms. The van der Waals surface area contributed by atoms with Crippen molar-refractivity contribution in [3.8, 4) is 0 Å². The molecule has 0 fully saturated rings. The van der Waals surface area contributed by atoms with Crippen LogP contribution in [0.3, 0.4) is 0 Å². The Morgan fingerprint density at radius 1 is 1.35 bits per heavy atom. The fourth-order valence-corrected chi connectivity index (χ4v) is 2.15. The molecule has 1 aliphatic rings. The molecule has 8 heteroatoms. The van der Waals surface area contributed by atoms with Gasteiger partial charge in [0.15, 0.2) is 0 Å². The summed E-state index contributed by atoms with van der Waals surface area (Å²) in [7, 11) is 0. The van der Waals surface area contributed by atoms with Gasteiger partial charge in [-0.15, -0.1) is 5.53 Å². The minimum absolute atomic E-state index is 0.00456. The molecule has 118 valence electrons. The number of rotatable bonds is 6. The molecule has 2 rings (SSSR count). The number of carboxylic acids is 1. The number of carboxylic acid groups (broad SMARTS) is 1. The number of carbonyl (C=O) groups excluding carboxylic acids is 1.